The van der Waals surface area contributed by atoms with Gasteiger partial charge in [-0.2, -0.15) is 0 Å². The van der Waals surface area contributed by atoms with Crippen molar-refractivity contribution in [1.82, 2.24) is 20.1 Å². The molecule has 1 saturated heterocycles. The minimum absolute atomic E-state index is 0. The third kappa shape index (κ3) is 4.20. The Morgan fingerprint density at radius 1 is 1.17 bits per heavy atom. The third-order valence-electron chi connectivity index (χ3n) is 6.69. The van der Waals surface area contributed by atoms with E-state index in [4.69, 9.17) is 0 Å². The van der Waals surface area contributed by atoms with Crippen LogP contribution in [0.5, 0.6) is 0 Å². The van der Waals surface area contributed by atoms with Crippen LogP contribution >= 0.6 is 24.8 Å². The van der Waals surface area contributed by atoms with Crippen molar-refractivity contribution in [2.45, 2.75) is 51.5 Å². The number of amides is 1. The van der Waals surface area contributed by atoms with Crippen molar-refractivity contribution in [1.29, 1.82) is 0 Å². The van der Waals surface area contributed by atoms with Gasteiger partial charge in [-0.25, -0.2) is 4.39 Å². The maximum atomic E-state index is 14.6. The lowest BCUT2D eigenvalue weighted by Crippen LogP contribution is -2.31. The van der Waals surface area contributed by atoms with Gasteiger partial charge in [-0.15, -0.1) is 35.0 Å². The molecular weight excluding hydrogens is 428 g/mol. The summed E-state index contributed by atoms with van der Waals surface area (Å²) < 4.78 is 16.6. The van der Waals surface area contributed by atoms with Gasteiger partial charge in [-0.1, -0.05) is 6.42 Å². The fraction of sp³-hybridized carbons (Fsp3) is 0.571. The monoisotopic (exact) mass is 455 g/mol. The van der Waals surface area contributed by atoms with E-state index in [1.54, 1.807) is 12.1 Å². The Kier molecular flexibility index (Phi) is 7.05. The molecule has 0 bridgehead atoms. The summed E-state index contributed by atoms with van der Waals surface area (Å²) in [5.41, 5.74) is 1.22. The Morgan fingerprint density at radius 2 is 1.97 bits per heavy atom. The first kappa shape index (κ1) is 23.0. The van der Waals surface area contributed by atoms with Crippen molar-refractivity contribution >= 4 is 36.4 Å². The Morgan fingerprint density at radius 3 is 2.77 bits per heavy atom. The van der Waals surface area contributed by atoms with Crippen molar-refractivity contribution in [3.63, 3.8) is 0 Å². The minimum atomic E-state index is -0.335. The predicted octanol–water partition coefficient (Wildman–Crippen LogP) is 3.98. The molecule has 1 aromatic heterocycles. The van der Waals surface area contributed by atoms with E-state index in [9.17, 15) is 9.18 Å². The second-order valence-corrected chi connectivity index (χ2v) is 8.46. The summed E-state index contributed by atoms with van der Waals surface area (Å²) in [5.74, 6) is 1.28. The van der Waals surface area contributed by atoms with Crippen LogP contribution in [0, 0.1) is 17.2 Å². The van der Waals surface area contributed by atoms with Crippen LogP contribution in [0.4, 0.5) is 10.1 Å². The lowest BCUT2D eigenvalue weighted by molar-refractivity contribution is -0.118. The highest BCUT2D eigenvalue weighted by Crippen LogP contribution is 2.58. The van der Waals surface area contributed by atoms with Crippen molar-refractivity contribution in [3.05, 3.63) is 29.8 Å². The normalized spacial score (nSPS) is 21.6. The number of benzene rings is 1. The topological polar surface area (TPSA) is 71.8 Å². The van der Waals surface area contributed by atoms with Crippen LogP contribution in [0.3, 0.4) is 0 Å². The van der Waals surface area contributed by atoms with Crippen LogP contribution in [-0.4, -0.2) is 33.8 Å². The summed E-state index contributed by atoms with van der Waals surface area (Å²) in [7, 11) is 0. The minimum Gasteiger partial charge on any atom is -0.326 e. The van der Waals surface area contributed by atoms with Crippen LogP contribution in [0.1, 0.15) is 44.3 Å². The van der Waals surface area contributed by atoms with Gasteiger partial charge in [0.25, 0.3) is 0 Å². The van der Waals surface area contributed by atoms with E-state index < -0.39 is 0 Å². The number of hydrogen-bond donors (Lipinski definition) is 2. The molecule has 1 aromatic carbocycles. The van der Waals surface area contributed by atoms with Crippen molar-refractivity contribution in [3.8, 4) is 11.4 Å². The van der Waals surface area contributed by atoms with Crippen molar-refractivity contribution in [2.24, 2.45) is 11.3 Å². The maximum absolute atomic E-state index is 14.6. The number of anilines is 1. The molecule has 1 amide bonds. The second-order valence-electron chi connectivity index (χ2n) is 8.46. The molecule has 2 fully saturated rings. The summed E-state index contributed by atoms with van der Waals surface area (Å²) in [6, 6.07) is 4.75. The Balaban J connectivity index is 0.00000128. The number of nitrogens with one attached hydrogen (secondary N) is 2. The Labute approximate surface area is 188 Å². The van der Waals surface area contributed by atoms with E-state index in [1.807, 2.05) is 4.57 Å². The highest BCUT2D eigenvalue weighted by molar-refractivity contribution is 5.95. The number of aryl methyl sites for hydroxylation is 1. The summed E-state index contributed by atoms with van der Waals surface area (Å²) in [4.78, 5) is 12.8. The molecule has 1 saturated carbocycles. The van der Waals surface area contributed by atoms with E-state index in [0.717, 1.165) is 70.4 Å². The lowest BCUT2D eigenvalue weighted by Gasteiger charge is -2.23. The fourth-order valence-electron chi connectivity index (χ4n) is 4.88. The lowest BCUT2D eigenvalue weighted by atomic mass is 9.92. The van der Waals surface area contributed by atoms with Crippen molar-refractivity contribution < 1.29 is 9.18 Å². The van der Waals surface area contributed by atoms with E-state index in [-0.39, 0.29) is 47.9 Å². The summed E-state index contributed by atoms with van der Waals surface area (Å²) >= 11 is 0. The van der Waals surface area contributed by atoms with Crippen LogP contribution < -0.4 is 10.6 Å². The van der Waals surface area contributed by atoms with Gasteiger partial charge in [0.15, 0.2) is 5.82 Å². The molecule has 6 nitrogen and oxygen atoms in total. The van der Waals surface area contributed by atoms with Crippen LogP contribution in [0.25, 0.3) is 11.4 Å². The highest BCUT2D eigenvalue weighted by atomic mass is 35.5. The molecule has 3 aliphatic rings. The molecule has 2 N–H and O–H groups in total. The number of carbonyl (C=O) groups is 1. The highest BCUT2D eigenvalue weighted by Gasteiger charge is 2.57. The molecule has 1 atom stereocenters. The van der Waals surface area contributed by atoms with Gasteiger partial charge in [0.2, 0.25) is 5.91 Å². The fourth-order valence-corrected chi connectivity index (χ4v) is 4.88. The van der Waals surface area contributed by atoms with E-state index in [1.165, 1.54) is 6.07 Å². The molecule has 9 heteroatoms. The molecule has 2 aliphatic heterocycles. The Hall–Kier alpha value is -1.70. The molecule has 1 aliphatic carbocycles. The first-order chi connectivity index (χ1) is 13.7. The van der Waals surface area contributed by atoms with Gasteiger partial charge in [0.1, 0.15) is 11.6 Å². The quantitative estimate of drug-likeness (QED) is 0.733. The molecular formula is C21H28Cl2FN5O. The predicted molar refractivity (Wildman–Crippen MR) is 119 cm³/mol. The van der Waals surface area contributed by atoms with Gasteiger partial charge in [0, 0.05) is 24.6 Å². The second kappa shape index (κ2) is 9.20. The first-order valence-corrected chi connectivity index (χ1v) is 10.4. The number of hydrogen-bond acceptors (Lipinski definition) is 4. The number of halogens is 3. The van der Waals surface area contributed by atoms with Gasteiger partial charge >= 0.3 is 0 Å². The molecule has 0 radical (unpaired) electrons. The molecule has 2 aromatic rings. The molecule has 5 rings (SSSR count). The average molecular weight is 456 g/mol. The maximum Gasteiger partial charge on any atom is 0.228 e. The zero-order chi connectivity index (χ0) is 19.1. The standard InChI is InChI=1S/C21H26FN5O.2ClH/c22-17-6-5-14(24-20(28)16-13-21(16)7-9-23-10-8-21)12-15(17)19-26-25-18-4-2-1-3-11-27(18)19;;/h5-6,12,16,23H,1-4,7-11,13H2,(H,24,28);2*1H. The number of piperidine rings is 1. The van der Waals surface area contributed by atoms with Gasteiger partial charge in [0.05, 0.1) is 5.56 Å². The van der Waals surface area contributed by atoms with Crippen LogP contribution in [0.15, 0.2) is 18.2 Å². The smallest absolute Gasteiger partial charge is 0.228 e. The molecule has 30 heavy (non-hydrogen) atoms. The largest absolute Gasteiger partial charge is 0.326 e. The summed E-state index contributed by atoms with van der Waals surface area (Å²) in [5, 5.41) is 14.9. The molecule has 164 valence electrons. The van der Waals surface area contributed by atoms with Gasteiger partial charge < -0.3 is 15.2 Å². The zero-order valence-corrected chi connectivity index (χ0v) is 18.5. The number of fused-ring (bicyclic) bond motifs is 1. The Bertz CT molecular complexity index is 913. The summed E-state index contributed by atoms with van der Waals surface area (Å²) in [6.07, 6.45) is 7.26. The summed E-state index contributed by atoms with van der Waals surface area (Å²) in [6.45, 7) is 2.79. The molecule has 3 heterocycles. The zero-order valence-electron chi connectivity index (χ0n) is 16.8. The average Bonchev–Trinajstić information content (AvgIpc) is 3.33. The SMILES string of the molecule is Cl.Cl.O=C(Nc1ccc(F)c(-c2nnc3n2CCCCC3)c1)C1CC12CCNCC2. The first-order valence-electron chi connectivity index (χ1n) is 10.4. The van der Waals surface area contributed by atoms with Crippen molar-refractivity contribution in [2.75, 3.05) is 18.4 Å². The molecule has 1 spiro atoms. The van der Waals surface area contributed by atoms with Crippen LogP contribution in [0.2, 0.25) is 0 Å². The number of carbonyl (C=O) groups excluding carboxylic acids is 1. The van der Waals surface area contributed by atoms with Gasteiger partial charge in [-0.3, -0.25) is 4.79 Å². The van der Waals surface area contributed by atoms with Crippen LogP contribution in [-0.2, 0) is 17.8 Å². The van der Waals surface area contributed by atoms with E-state index in [0.29, 0.717) is 17.1 Å². The molecule has 1 unspecified atom stereocenters. The van der Waals surface area contributed by atoms with E-state index >= 15 is 0 Å². The van der Waals surface area contributed by atoms with Gasteiger partial charge in [-0.05, 0) is 68.8 Å². The number of aromatic nitrogens is 3. The number of rotatable bonds is 3. The number of nitrogens with zero attached hydrogens (tertiary/aromatic N) is 3. The third-order valence-corrected chi connectivity index (χ3v) is 6.69. The van der Waals surface area contributed by atoms with E-state index in [2.05, 4.69) is 20.8 Å².